The van der Waals surface area contributed by atoms with Crippen LogP contribution in [0.5, 0.6) is 0 Å². The summed E-state index contributed by atoms with van der Waals surface area (Å²) in [5.41, 5.74) is 13.4. The predicted molar refractivity (Wildman–Crippen MR) is 76.3 cm³/mol. The van der Waals surface area contributed by atoms with E-state index in [0.29, 0.717) is 29.5 Å². The molecule has 0 aliphatic carbocycles. The number of imide groups is 1. The molecule has 5 nitrogen and oxygen atoms in total. The number of hydrogen-bond acceptors (Lipinski definition) is 4. The number of carbonyl (C=O) groups is 2. The van der Waals surface area contributed by atoms with Crippen molar-refractivity contribution in [3.05, 3.63) is 47.0 Å². The largest absolute Gasteiger partial charge is 0.330 e. The normalized spacial score (nSPS) is 15.3. The molecule has 0 saturated heterocycles. The maximum absolute atomic E-state index is 12.2. The van der Waals surface area contributed by atoms with Crippen molar-refractivity contribution in [2.75, 3.05) is 6.54 Å². The summed E-state index contributed by atoms with van der Waals surface area (Å²) in [6.07, 6.45) is 0.585. The standard InChI is InChI=1S/C15H15N3O2/c16-7-6-11(17)9-5-4-8-2-1-3-10-12(8)13(9)15(20)18-14(10)19/h1-5,11H,6-7,16-17H2,(H,18,19,20). The van der Waals surface area contributed by atoms with Crippen LogP contribution in [0.3, 0.4) is 0 Å². The average Bonchev–Trinajstić information content (AvgIpc) is 2.44. The molecule has 0 fully saturated rings. The van der Waals surface area contributed by atoms with Crippen LogP contribution >= 0.6 is 0 Å². The summed E-state index contributed by atoms with van der Waals surface area (Å²) in [4.78, 5) is 24.1. The second kappa shape index (κ2) is 4.70. The number of hydrogen-bond donors (Lipinski definition) is 3. The van der Waals surface area contributed by atoms with E-state index >= 15 is 0 Å². The van der Waals surface area contributed by atoms with Crippen LogP contribution in [0.2, 0.25) is 0 Å². The van der Waals surface area contributed by atoms with E-state index < -0.39 is 0 Å². The molecule has 1 aliphatic rings. The van der Waals surface area contributed by atoms with Gasteiger partial charge in [-0.05, 0) is 30.0 Å². The minimum Gasteiger partial charge on any atom is -0.330 e. The molecule has 5 N–H and O–H groups in total. The molecule has 0 bridgehead atoms. The van der Waals surface area contributed by atoms with Crippen molar-refractivity contribution in [3.63, 3.8) is 0 Å². The first-order chi connectivity index (χ1) is 9.63. The van der Waals surface area contributed by atoms with E-state index in [-0.39, 0.29) is 17.9 Å². The Labute approximate surface area is 115 Å². The lowest BCUT2D eigenvalue weighted by Crippen LogP contribution is -2.36. The maximum Gasteiger partial charge on any atom is 0.259 e. The molecule has 0 aromatic heterocycles. The van der Waals surface area contributed by atoms with Crippen LogP contribution in [0.15, 0.2) is 30.3 Å². The molecule has 2 aromatic rings. The van der Waals surface area contributed by atoms with E-state index in [1.165, 1.54) is 0 Å². The van der Waals surface area contributed by atoms with Crippen LogP contribution in [0, 0.1) is 0 Å². The van der Waals surface area contributed by atoms with Crippen molar-refractivity contribution < 1.29 is 9.59 Å². The Morgan fingerprint density at radius 2 is 1.90 bits per heavy atom. The van der Waals surface area contributed by atoms with E-state index in [9.17, 15) is 9.59 Å². The molecular weight excluding hydrogens is 254 g/mol. The highest BCUT2D eigenvalue weighted by molar-refractivity contribution is 6.26. The molecule has 1 unspecified atom stereocenters. The van der Waals surface area contributed by atoms with E-state index in [1.54, 1.807) is 12.1 Å². The molecule has 3 rings (SSSR count). The summed E-state index contributed by atoms with van der Waals surface area (Å²) in [5.74, 6) is -0.751. The molecular formula is C15H15N3O2. The molecule has 20 heavy (non-hydrogen) atoms. The third-order valence-electron chi connectivity index (χ3n) is 3.65. The number of benzene rings is 2. The second-order valence-corrected chi connectivity index (χ2v) is 4.90. The van der Waals surface area contributed by atoms with Gasteiger partial charge in [-0.1, -0.05) is 24.3 Å². The van der Waals surface area contributed by atoms with Crippen molar-refractivity contribution in [2.24, 2.45) is 11.5 Å². The smallest absolute Gasteiger partial charge is 0.259 e. The Bertz CT molecular complexity index is 724. The average molecular weight is 269 g/mol. The Hall–Kier alpha value is -2.24. The zero-order valence-corrected chi connectivity index (χ0v) is 10.8. The van der Waals surface area contributed by atoms with E-state index in [2.05, 4.69) is 5.32 Å². The number of carbonyl (C=O) groups excluding carboxylic acids is 2. The number of nitrogens with one attached hydrogen (secondary N) is 1. The zero-order valence-electron chi connectivity index (χ0n) is 10.8. The first-order valence-corrected chi connectivity index (χ1v) is 6.50. The first-order valence-electron chi connectivity index (χ1n) is 6.50. The summed E-state index contributed by atoms with van der Waals surface area (Å²) < 4.78 is 0. The molecule has 1 atom stereocenters. The van der Waals surface area contributed by atoms with Gasteiger partial charge < -0.3 is 11.5 Å². The summed E-state index contributed by atoms with van der Waals surface area (Å²) in [6, 6.07) is 8.82. The number of nitrogens with two attached hydrogens (primary N) is 2. The van der Waals surface area contributed by atoms with Gasteiger partial charge in [0.05, 0.1) is 5.56 Å². The predicted octanol–water partition coefficient (Wildman–Crippen LogP) is 1.07. The second-order valence-electron chi connectivity index (χ2n) is 4.90. The third-order valence-corrected chi connectivity index (χ3v) is 3.65. The summed E-state index contributed by atoms with van der Waals surface area (Å²) in [7, 11) is 0. The molecule has 1 heterocycles. The minimum absolute atomic E-state index is 0.314. The topological polar surface area (TPSA) is 98.2 Å². The number of rotatable bonds is 3. The lowest BCUT2D eigenvalue weighted by atomic mass is 9.88. The van der Waals surface area contributed by atoms with Crippen molar-refractivity contribution in [3.8, 4) is 0 Å². The first kappa shape index (κ1) is 12.8. The third kappa shape index (κ3) is 1.79. The van der Waals surface area contributed by atoms with Crippen LogP contribution in [0.4, 0.5) is 0 Å². The van der Waals surface area contributed by atoms with Crippen LogP contribution in [0.25, 0.3) is 10.8 Å². The fourth-order valence-electron chi connectivity index (χ4n) is 2.71. The van der Waals surface area contributed by atoms with E-state index in [1.807, 2.05) is 18.2 Å². The van der Waals surface area contributed by atoms with Crippen molar-refractivity contribution in [2.45, 2.75) is 12.5 Å². The number of amides is 2. The fourth-order valence-corrected chi connectivity index (χ4v) is 2.71. The summed E-state index contributed by atoms with van der Waals surface area (Å²) in [5, 5.41) is 3.92. The monoisotopic (exact) mass is 269 g/mol. The van der Waals surface area contributed by atoms with Gasteiger partial charge in [0.1, 0.15) is 0 Å². The fraction of sp³-hybridized carbons (Fsp3) is 0.200. The highest BCUT2D eigenvalue weighted by Crippen LogP contribution is 2.31. The van der Waals surface area contributed by atoms with Crippen LogP contribution in [-0.2, 0) is 0 Å². The van der Waals surface area contributed by atoms with Crippen molar-refractivity contribution >= 4 is 22.6 Å². The highest BCUT2D eigenvalue weighted by Gasteiger charge is 2.28. The Kier molecular flexibility index (Phi) is 3.00. The van der Waals surface area contributed by atoms with Crippen molar-refractivity contribution in [1.29, 1.82) is 0 Å². The molecule has 0 spiro atoms. The van der Waals surface area contributed by atoms with Gasteiger partial charge in [-0.3, -0.25) is 14.9 Å². The van der Waals surface area contributed by atoms with Crippen LogP contribution in [-0.4, -0.2) is 18.4 Å². The minimum atomic E-state index is -0.387. The van der Waals surface area contributed by atoms with Gasteiger partial charge in [-0.25, -0.2) is 0 Å². The van der Waals surface area contributed by atoms with Crippen molar-refractivity contribution in [1.82, 2.24) is 5.32 Å². The van der Waals surface area contributed by atoms with Crippen LogP contribution < -0.4 is 16.8 Å². The SMILES string of the molecule is NCCC(N)c1ccc2cccc3c2c1C(=O)NC3=O. The van der Waals surface area contributed by atoms with Gasteiger partial charge in [0.25, 0.3) is 11.8 Å². The molecule has 1 aliphatic heterocycles. The van der Waals surface area contributed by atoms with Gasteiger partial charge in [0.15, 0.2) is 0 Å². The Balaban J connectivity index is 2.34. The van der Waals surface area contributed by atoms with E-state index in [0.717, 1.165) is 10.9 Å². The lowest BCUT2D eigenvalue weighted by molar-refractivity contribution is 0.0844. The summed E-state index contributed by atoms with van der Waals surface area (Å²) >= 11 is 0. The lowest BCUT2D eigenvalue weighted by Gasteiger charge is -2.22. The summed E-state index contributed by atoms with van der Waals surface area (Å²) in [6.45, 7) is 0.445. The van der Waals surface area contributed by atoms with Gasteiger partial charge in [-0.2, -0.15) is 0 Å². The molecule has 0 saturated carbocycles. The van der Waals surface area contributed by atoms with Gasteiger partial charge in [0.2, 0.25) is 0 Å². The zero-order chi connectivity index (χ0) is 14.3. The van der Waals surface area contributed by atoms with Gasteiger partial charge in [0, 0.05) is 17.0 Å². The molecule has 5 heteroatoms. The molecule has 102 valence electrons. The highest BCUT2D eigenvalue weighted by atomic mass is 16.2. The molecule has 2 amide bonds. The van der Waals surface area contributed by atoms with Gasteiger partial charge >= 0.3 is 0 Å². The van der Waals surface area contributed by atoms with E-state index in [4.69, 9.17) is 11.5 Å². The molecule has 2 aromatic carbocycles. The Morgan fingerprint density at radius 1 is 1.10 bits per heavy atom. The van der Waals surface area contributed by atoms with Gasteiger partial charge in [-0.15, -0.1) is 0 Å². The van der Waals surface area contributed by atoms with Crippen LogP contribution in [0.1, 0.15) is 38.7 Å². The molecule has 0 radical (unpaired) electrons. The maximum atomic E-state index is 12.2. The quantitative estimate of drug-likeness (QED) is 0.726. The Morgan fingerprint density at radius 3 is 2.65 bits per heavy atom.